The highest BCUT2D eigenvalue weighted by Crippen LogP contribution is 2.25. The van der Waals surface area contributed by atoms with E-state index in [0.717, 1.165) is 16.7 Å². The number of benzene rings is 3. The fourth-order valence-electron chi connectivity index (χ4n) is 3.21. The maximum atomic E-state index is 13.0. The molecule has 0 bridgehead atoms. The van der Waals surface area contributed by atoms with Crippen LogP contribution in [0.3, 0.4) is 0 Å². The van der Waals surface area contributed by atoms with Crippen molar-refractivity contribution in [1.29, 1.82) is 0 Å². The molecular weight excluding hydrogens is 405 g/mol. The number of nitrogens with zero attached hydrogens (tertiary/aromatic N) is 1. The van der Waals surface area contributed by atoms with Gasteiger partial charge < -0.3 is 9.47 Å². The number of hydrogen-bond donors (Lipinski definition) is 0. The molecule has 0 radical (unpaired) electrons. The zero-order valence-electron chi connectivity index (χ0n) is 18.3. The zero-order chi connectivity index (χ0) is 22.7. The van der Waals surface area contributed by atoms with Crippen LogP contribution in [0.1, 0.15) is 43.0 Å². The summed E-state index contributed by atoms with van der Waals surface area (Å²) >= 11 is 0. The van der Waals surface area contributed by atoms with Crippen molar-refractivity contribution in [2.24, 2.45) is 4.99 Å². The first-order valence-electron chi connectivity index (χ1n) is 10.4. The van der Waals surface area contributed by atoms with E-state index in [2.05, 4.69) is 25.8 Å². The van der Waals surface area contributed by atoms with Gasteiger partial charge in [0.05, 0.1) is 0 Å². The van der Waals surface area contributed by atoms with Crippen LogP contribution >= 0.6 is 0 Å². The molecule has 4 rings (SSSR count). The summed E-state index contributed by atoms with van der Waals surface area (Å²) in [6.45, 7) is 6.79. The van der Waals surface area contributed by atoms with Gasteiger partial charge in [0.25, 0.3) is 0 Å². The Hall–Kier alpha value is -3.73. The largest absolute Gasteiger partial charge is 0.489 e. The Bertz CT molecular complexity index is 1170. The van der Waals surface area contributed by atoms with Gasteiger partial charge in [-0.15, -0.1) is 0 Å². The third-order valence-electron chi connectivity index (χ3n) is 5.12. The van der Waals surface area contributed by atoms with Gasteiger partial charge in [0, 0.05) is 5.56 Å². The van der Waals surface area contributed by atoms with Crippen molar-refractivity contribution in [3.63, 3.8) is 0 Å². The van der Waals surface area contributed by atoms with Crippen molar-refractivity contribution < 1.29 is 18.7 Å². The molecule has 3 aromatic carbocycles. The van der Waals surface area contributed by atoms with E-state index in [1.807, 2.05) is 48.5 Å². The van der Waals surface area contributed by atoms with Gasteiger partial charge in [-0.2, -0.15) is 0 Å². The van der Waals surface area contributed by atoms with E-state index >= 15 is 0 Å². The molecule has 0 amide bonds. The number of carbonyl (C=O) groups excluding carboxylic acids is 1. The molecule has 0 unspecified atom stereocenters. The maximum Gasteiger partial charge on any atom is 0.363 e. The van der Waals surface area contributed by atoms with E-state index < -0.39 is 5.97 Å². The molecule has 0 atom stereocenters. The maximum absolute atomic E-state index is 13.0. The van der Waals surface area contributed by atoms with E-state index in [4.69, 9.17) is 9.47 Å². The zero-order valence-corrected chi connectivity index (χ0v) is 18.3. The van der Waals surface area contributed by atoms with E-state index in [0.29, 0.717) is 18.3 Å². The number of ether oxygens (including phenoxy) is 2. The third-order valence-corrected chi connectivity index (χ3v) is 5.12. The minimum Gasteiger partial charge on any atom is -0.489 e. The Morgan fingerprint density at radius 2 is 1.59 bits per heavy atom. The van der Waals surface area contributed by atoms with Gasteiger partial charge in [-0.25, -0.2) is 14.2 Å². The molecule has 162 valence electrons. The van der Waals surface area contributed by atoms with Gasteiger partial charge in [-0.05, 0) is 64.6 Å². The molecule has 3 aromatic rings. The van der Waals surface area contributed by atoms with Crippen molar-refractivity contribution in [3.8, 4) is 5.75 Å². The lowest BCUT2D eigenvalue weighted by Gasteiger charge is -2.18. The highest BCUT2D eigenvalue weighted by molar-refractivity contribution is 6.12. The number of rotatable bonds is 5. The predicted molar refractivity (Wildman–Crippen MR) is 123 cm³/mol. The molecule has 0 saturated carbocycles. The minimum atomic E-state index is -0.475. The van der Waals surface area contributed by atoms with Crippen LogP contribution in [-0.4, -0.2) is 11.9 Å². The summed E-state index contributed by atoms with van der Waals surface area (Å²) in [4.78, 5) is 16.7. The summed E-state index contributed by atoms with van der Waals surface area (Å²) in [5.74, 6) is 0.232. The first kappa shape index (κ1) is 21.5. The van der Waals surface area contributed by atoms with Gasteiger partial charge in [-0.1, -0.05) is 57.2 Å². The van der Waals surface area contributed by atoms with Crippen molar-refractivity contribution in [2.75, 3.05) is 0 Å². The topological polar surface area (TPSA) is 47.9 Å². The smallest absolute Gasteiger partial charge is 0.363 e. The molecule has 0 fully saturated rings. The Balaban J connectivity index is 1.44. The fraction of sp³-hybridized carbons (Fsp3) is 0.185. The summed E-state index contributed by atoms with van der Waals surface area (Å²) in [5.41, 5.74) is 3.94. The molecule has 4 nitrogen and oxygen atoms in total. The fourth-order valence-corrected chi connectivity index (χ4v) is 3.21. The van der Waals surface area contributed by atoms with Crippen molar-refractivity contribution in [1.82, 2.24) is 0 Å². The van der Waals surface area contributed by atoms with E-state index in [9.17, 15) is 9.18 Å². The van der Waals surface area contributed by atoms with E-state index in [-0.39, 0.29) is 16.9 Å². The minimum absolute atomic E-state index is 0.0483. The number of esters is 1. The summed E-state index contributed by atoms with van der Waals surface area (Å²) in [6.07, 6.45) is 1.68. The average Bonchev–Trinajstić information content (AvgIpc) is 3.14. The normalized spacial score (nSPS) is 14.9. The average molecular weight is 429 g/mol. The number of carbonyl (C=O) groups is 1. The standard InChI is InChI=1S/C27H24FNO3/c1-27(2,3)21-10-8-20(9-11-21)25-29-24(26(30)32-25)16-18-6-14-23(15-7-18)31-17-19-4-12-22(28)13-5-19/h4-16H,17H2,1-3H3/b24-16-. The van der Waals surface area contributed by atoms with Crippen molar-refractivity contribution in [2.45, 2.75) is 32.8 Å². The Labute approximate surface area is 187 Å². The van der Waals surface area contributed by atoms with Crippen molar-refractivity contribution in [3.05, 3.63) is 107 Å². The number of hydrogen-bond acceptors (Lipinski definition) is 4. The molecule has 32 heavy (non-hydrogen) atoms. The quantitative estimate of drug-likeness (QED) is 0.367. The molecule has 1 heterocycles. The lowest BCUT2D eigenvalue weighted by molar-refractivity contribution is -0.129. The molecule has 0 saturated heterocycles. The van der Waals surface area contributed by atoms with Gasteiger partial charge in [0.2, 0.25) is 5.90 Å². The van der Waals surface area contributed by atoms with Gasteiger partial charge in [-0.3, -0.25) is 0 Å². The van der Waals surface area contributed by atoms with Crippen LogP contribution < -0.4 is 4.74 Å². The number of cyclic esters (lactones) is 1. The molecule has 0 aromatic heterocycles. The summed E-state index contributed by atoms with van der Waals surface area (Å²) in [6, 6.07) is 21.4. The summed E-state index contributed by atoms with van der Waals surface area (Å²) in [5, 5.41) is 0. The SMILES string of the molecule is CC(C)(C)c1ccc(C2=N/C(=C\c3ccc(OCc4ccc(F)cc4)cc3)C(=O)O2)cc1. The number of aliphatic imine (C=N–C) groups is 1. The number of halogens is 1. The van der Waals surface area contributed by atoms with Gasteiger partial charge in [0.15, 0.2) is 5.70 Å². The highest BCUT2D eigenvalue weighted by atomic mass is 19.1. The monoisotopic (exact) mass is 429 g/mol. The molecule has 1 aliphatic heterocycles. The summed E-state index contributed by atoms with van der Waals surface area (Å²) < 4.78 is 24.1. The second-order valence-corrected chi connectivity index (χ2v) is 8.65. The predicted octanol–water partition coefficient (Wildman–Crippen LogP) is 6.05. The van der Waals surface area contributed by atoms with Gasteiger partial charge in [0.1, 0.15) is 18.2 Å². The third kappa shape index (κ3) is 5.11. The molecule has 0 N–H and O–H groups in total. The van der Waals surface area contributed by atoms with Gasteiger partial charge >= 0.3 is 5.97 Å². The Morgan fingerprint density at radius 3 is 2.22 bits per heavy atom. The van der Waals surface area contributed by atoms with Crippen molar-refractivity contribution >= 4 is 17.9 Å². The van der Waals surface area contributed by atoms with Crippen LogP contribution in [0.25, 0.3) is 6.08 Å². The second-order valence-electron chi connectivity index (χ2n) is 8.65. The molecular formula is C27H24FNO3. The van der Waals surface area contributed by atoms with E-state index in [1.165, 1.54) is 17.7 Å². The van der Waals surface area contributed by atoms with Crippen LogP contribution in [0, 0.1) is 5.82 Å². The van der Waals surface area contributed by atoms with Crippen LogP contribution in [0.2, 0.25) is 0 Å². The summed E-state index contributed by atoms with van der Waals surface area (Å²) in [7, 11) is 0. The van der Waals surface area contributed by atoms with Crippen LogP contribution in [-0.2, 0) is 21.6 Å². The van der Waals surface area contributed by atoms with Crippen LogP contribution in [0.15, 0.2) is 83.5 Å². The van der Waals surface area contributed by atoms with Crippen LogP contribution in [0.5, 0.6) is 5.75 Å². The molecule has 1 aliphatic rings. The van der Waals surface area contributed by atoms with Crippen LogP contribution in [0.4, 0.5) is 4.39 Å². The molecule has 0 spiro atoms. The van der Waals surface area contributed by atoms with E-state index in [1.54, 1.807) is 18.2 Å². The first-order valence-corrected chi connectivity index (χ1v) is 10.4. The Morgan fingerprint density at radius 1 is 0.938 bits per heavy atom. The second kappa shape index (κ2) is 8.79. The highest BCUT2D eigenvalue weighted by Gasteiger charge is 2.24. The lowest BCUT2D eigenvalue weighted by atomic mass is 9.87. The Kier molecular flexibility index (Phi) is 5.91. The molecule has 0 aliphatic carbocycles. The lowest BCUT2D eigenvalue weighted by Crippen LogP contribution is -2.11. The molecule has 5 heteroatoms. The first-order chi connectivity index (χ1) is 15.3.